The molecule has 0 unspecified atom stereocenters. The fraction of sp³-hybridized carbons (Fsp3) is 0.370. The van der Waals surface area contributed by atoms with Crippen LogP contribution in [0.15, 0.2) is 42.6 Å². The summed E-state index contributed by atoms with van der Waals surface area (Å²) in [6, 6.07) is 11.8. The number of nitrogens with two attached hydrogens (primary N) is 1. The number of hydrogen-bond donors (Lipinski definition) is 2. The van der Waals surface area contributed by atoms with Crippen LogP contribution in [0.1, 0.15) is 55.9 Å². The number of amides is 2. The number of methoxy groups -OCH3 is 2. The average molecular weight is 478 g/mol. The highest BCUT2D eigenvalue weighted by molar-refractivity contribution is 6.03. The molecule has 8 nitrogen and oxygen atoms in total. The van der Waals surface area contributed by atoms with E-state index in [4.69, 9.17) is 15.2 Å². The summed E-state index contributed by atoms with van der Waals surface area (Å²) in [5.41, 5.74) is 12.2. The van der Waals surface area contributed by atoms with E-state index in [0.717, 1.165) is 28.9 Å². The van der Waals surface area contributed by atoms with E-state index < -0.39 is 0 Å². The highest BCUT2D eigenvalue weighted by Gasteiger charge is 2.22. The Morgan fingerprint density at radius 1 is 1.03 bits per heavy atom. The summed E-state index contributed by atoms with van der Waals surface area (Å²) < 4.78 is 10.6. The number of nitrogens with one attached hydrogen (secondary N) is 1. The molecule has 0 aliphatic heterocycles. The first-order chi connectivity index (χ1) is 16.8. The molecule has 0 saturated heterocycles. The Kier molecular flexibility index (Phi) is 8.52. The molecule has 0 aliphatic carbocycles. The maximum atomic E-state index is 13.8. The van der Waals surface area contributed by atoms with Crippen LogP contribution in [0, 0.1) is 0 Å². The van der Waals surface area contributed by atoms with Crippen molar-refractivity contribution in [1.29, 1.82) is 0 Å². The summed E-state index contributed by atoms with van der Waals surface area (Å²) in [6.07, 6.45) is 3.09. The normalized spacial score (nSPS) is 10.8. The maximum absolute atomic E-state index is 13.8. The van der Waals surface area contributed by atoms with E-state index in [-0.39, 0.29) is 18.6 Å². The average Bonchev–Trinajstić information content (AvgIpc) is 2.87. The Morgan fingerprint density at radius 2 is 1.74 bits per heavy atom. The predicted molar refractivity (Wildman–Crippen MR) is 140 cm³/mol. The lowest BCUT2D eigenvalue weighted by Crippen LogP contribution is -2.35. The fourth-order valence-corrected chi connectivity index (χ4v) is 3.97. The van der Waals surface area contributed by atoms with Crippen molar-refractivity contribution in [3.63, 3.8) is 0 Å². The Bertz CT molecular complexity index is 1160. The van der Waals surface area contributed by atoms with Gasteiger partial charge in [0.15, 0.2) is 0 Å². The lowest BCUT2D eigenvalue weighted by atomic mass is 10.0. The number of anilines is 3. The fourth-order valence-electron chi connectivity index (χ4n) is 3.97. The van der Waals surface area contributed by atoms with Gasteiger partial charge in [0.2, 0.25) is 5.88 Å². The standard InChI is InChI=1S/C27H35N5O3/c1-7-18-11-14-23(28)22(8-2)24(18)30-27(33)32(21-12-9-19(10-13-21)17(3)4)16-20-15-29-26(35-6)31-25(20)34-5/h9-15,17H,7-8,16,28H2,1-6H3,(H,30,33). The van der Waals surface area contributed by atoms with Crippen molar-refractivity contribution in [2.45, 2.75) is 53.0 Å². The van der Waals surface area contributed by atoms with E-state index in [2.05, 4.69) is 36.1 Å². The third kappa shape index (κ3) is 5.82. The number of carbonyl (C=O) groups excluding carboxylic acids is 1. The van der Waals surface area contributed by atoms with Gasteiger partial charge in [-0.15, -0.1) is 0 Å². The zero-order valence-corrected chi connectivity index (χ0v) is 21.4. The van der Waals surface area contributed by atoms with Crippen LogP contribution in [0.3, 0.4) is 0 Å². The summed E-state index contributed by atoms with van der Waals surface area (Å²) in [4.78, 5) is 23.9. The first-order valence-corrected chi connectivity index (χ1v) is 11.8. The van der Waals surface area contributed by atoms with Crippen LogP contribution in [-0.2, 0) is 19.4 Å². The van der Waals surface area contributed by atoms with Crippen molar-refractivity contribution in [1.82, 2.24) is 9.97 Å². The van der Waals surface area contributed by atoms with E-state index in [1.807, 2.05) is 43.3 Å². The summed E-state index contributed by atoms with van der Waals surface area (Å²) in [7, 11) is 3.02. The first-order valence-electron chi connectivity index (χ1n) is 11.8. The molecule has 2 amide bonds. The Hall–Kier alpha value is -3.81. The maximum Gasteiger partial charge on any atom is 0.326 e. The van der Waals surface area contributed by atoms with Crippen molar-refractivity contribution in [3.05, 3.63) is 64.8 Å². The molecule has 2 aromatic carbocycles. The molecule has 3 rings (SSSR count). The van der Waals surface area contributed by atoms with Gasteiger partial charge in [0.1, 0.15) is 0 Å². The van der Waals surface area contributed by atoms with E-state index in [9.17, 15) is 4.79 Å². The third-order valence-electron chi connectivity index (χ3n) is 6.03. The van der Waals surface area contributed by atoms with E-state index in [1.54, 1.807) is 11.1 Å². The topological polar surface area (TPSA) is 103 Å². The summed E-state index contributed by atoms with van der Waals surface area (Å²) in [5, 5.41) is 3.14. The quantitative estimate of drug-likeness (QED) is 0.391. The smallest absolute Gasteiger partial charge is 0.326 e. The Labute approximate surface area is 207 Å². The highest BCUT2D eigenvalue weighted by atomic mass is 16.5. The molecular formula is C27H35N5O3. The molecule has 3 aromatic rings. The van der Waals surface area contributed by atoms with Crippen molar-refractivity contribution < 1.29 is 14.3 Å². The number of ether oxygens (including phenoxy) is 2. The van der Waals surface area contributed by atoms with Gasteiger partial charge in [-0.3, -0.25) is 4.90 Å². The second kappa shape index (κ2) is 11.6. The number of carbonyl (C=O) groups is 1. The van der Waals surface area contributed by atoms with Gasteiger partial charge in [0, 0.05) is 17.6 Å². The molecule has 0 fully saturated rings. The lowest BCUT2D eigenvalue weighted by molar-refractivity contribution is 0.256. The van der Waals surface area contributed by atoms with Crippen LogP contribution >= 0.6 is 0 Å². The first kappa shape index (κ1) is 25.8. The van der Waals surface area contributed by atoms with Gasteiger partial charge in [-0.05, 0) is 53.6 Å². The van der Waals surface area contributed by atoms with Gasteiger partial charge in [0.05, 0.1) is 32.0 Å². The Balaban J connectivity index is 2.04. The minimum Gasteiger partial charge on any atom is -0.481 e. The van der Waals surface area contributed by atoms with Gasteiger partial charge >= 0.3 is 12.0 Å². The number of nitrogen functional groups attached to an aromatic ring is 1. The number of aromatic nitrogens is 2. The molecule has 0 spiro atoms. The molecular weight excluding hydrogens is 442 g/mol. The molecule has 0 saturated carbocycles. The molecule has 0 radical (unpaired) electrons. The predicted octanol–water partition coefficient (Wildman–Crippen LogP) is 5.56. The molecule has 0 atom stereocenters. The van der Waals surface area contributed by atoms with Crippen molar-refractivity contribution >= 4 is 23.1 Å². The van der Waals surface area contributed by atoms with Gasteiger partial charge in [0.25, 0.3) is 0 Å². The van der Waals surface area contributed by atoms with Crippen LogP contribution in [0.5, 0.6) is 11.9 Å². The zero-order valence-electron chi connectivity index (χ0n) is 21.4. The van der Waals surface area contributed by atoms with Crippen LogP contribution < -0.4 is 25.4 Å². The second-order valence-electron chi connectivity index (χ2n) is 8.53. The highest BCUT2D eigenvalue weighted by Crippen LogP contribution is 2.30. The molecule has 186 valence electrons. The van der Waals surface area contributed by atoms with E-state index >= 15 is 0 Å². The van der Waals surface area contributed by atoms with E-state index in [0.29, 0.717) is 29.5 Å². The van der Waals surface area contributed by atoms with Gasteiger partial charge in [-0.1, -0.05) is 45.9 Å². The van der Waals surface area contributed by atoms with Crippen LogP contribution in [0.4, 0.5) is 21.9 Å². The number of benzene rings is 2. The minimum atomic E-state index is -0.282. The van der Waals surface area contributed by atoms with Crippen LogP contribution in [-0.4, -0.2) is 30.2 Å². The largest absolute Gasteiger partial charge is 0.481 e. The molecule has 3 N–H and O–H groups in total. The molecule has 35 heavy (non-hydrogen) atoms. The van der Waals surface area contributed by atoms with Crippen molar-refractivity contribution in [2.24, 2.45) is 0 Å². The molecule has 1 heterocycles. The van der Waals surface area contributed by atoms with Gasteiger partial charge < -0.3 is 20.5 Å². The van der Waals surface area contributed by atoms with Gasteiger partial charge in [-0.2, -0.15) is 4.98 Å². The third-order valence-corrected chi connectivity index (χ3v) is 6.03. The second-order valence-corrected chi connectivity index (χ2v) is 8.53. The molecule has 1 aromatic heterocycles. The molecule has 8 heteroatoms. The monoisotopic (exact) mass is 477 g/mol. The van der Waals surface area contributed by atoms with Gasteiger partial charge in [-0.25, -0.2) is 9.78 Å². The summed E-state index contributed by atoms with van der Waals surface area (Å²) in [6.45, 7) is 8.56. The number of aryl methyl sites for hydroxylation is 1. The zero-order chi connectivity index (χ0) is 25.5. The number of rotatable bonds is 9. The minimum absolute atomic E-state index is 0.197. The summed E-state index contributed by atoms with van der Waals surface area (Å²) in [5.74, 6) is 0.730. The number of hydrogen-bond acceptors (Lipinski definition) is 6. The van der Waals surface area contributed by atoms with Crippen LogP contribution in [0.25, 0.3) is 0 Å². The summed E-state index contributed by atoms with van der Waals surface area (Å²) >= 11 is 0. The molecule has 0 bridgehead atoms. The Morgan fingerprint density at radius 3 is 2.31 bits per heavy atom. The number of nitrogens with zero attached hydrogens (tertiary/aromatic N) is 3. The van der Waals surface area contributed by atoms with Crippen LogP contribution in [0.2, 0.25) is 0 Å². The molecule has 0 aliphatic rings. The van der Waals surface area contributed by atoms with E-state index in [1.165, 1.54) is 19.8 Å². The SMILES string of the molecule is CCc1ccc(N)c(CC)c1NC(=O)N(Cc1cnc(OC)nc1OC)c1ccc(C(C)C)cc1. The lowest BCUT2D eigenvalue weighted by Gasteiger charge is -2.26. The van der Waals surface area contributed by atoms with Crippen molar-refractivity contribution in [2.75, 3.05) is 30.2 Å². The number of urea groups is 1. The van der Waals surface area contributed by atoms with Crippen molar-refractivity contribution in [3.8, 4) is 11.9 Å².